The Morgan fingerprint density at radius 3 is 2.68 bits per heavy atom. The van der Waals surface area contributed by atoms with Crippen LogP contribution in [0.3, 0.4) is 0 Å². The average Bonchev–Trinajstić information content (AvgIpc) is 2.72. The number of hydrogen-bond donors (Lipinski definition) is 1. The van der Waals surface area contributed by atoms with Crippen molar-refractivity contribution in [3.8, 4) is 11.3 Å². The highest BCUT2D eigenvalue weighted by Gasteiger charge is 2.23. The van der Waals surface area contributed by atoms with Gasteiger partial charge in [-0.15, -0.1) is 0 Å². The second kappa shape index (κ2) is 8.12. The largest absolute Gasteiger partial charge is 0.339 e. The van der Waals surface area contributed by atoms with Crippen molar-refractivity contribution in [2.75, 3.05) is 24.5 Å². The highest BCUT2D eigenvalue weighted by molar-refractivity contribution is 6.30. The topological polar surface area (TPSA) is 63.1 Å². The van der Waals surface area contributed by atoms with Crippen LogP contribution in [0.15, 0.2) is 59.7 Å². The van der Waals surface area contributed by atoms with E-state index < -0.39 is 0 Å². The Morgan fingerprint density at radius 2 is 1.93 bits per heavy atom. The van der Waals surface area contributed by atoms with Crippen LogP contribution in [0, 0.1) is 0 Å². The van der Waals surface area contributed by atoms with Crippen LogP contribution in [0.1, 0.15) is 5.56 Å². The molecule has 0 radical (unpaired) electrons. The minimum absolute atomic E-state index is 0.0652. The number of anilines is 1. The molecule has 1 saturated heterocycles. The molecule has 1 unspecified atom stereocenters. The second-order valence-corrected chi connectivity index (χ2v) is 7.44. The van der Waals surface area contributed by atoms with Crippen LogP contribution in [0.25, 0.3) is 11.3 Å². The minimum Gasteiger partial charge on any atom is -0.339 e. The van der Waals surface area contributed by atoms with Gasteiger partial charge in [0.2, 0.25) is 5.95 Å². The van der Waals surface area contributed by atoms with E-state index in [1.54, 1.807) is 30.1 Å². The van der Waals surface area contributed by atoms with E-state index in [0.717, 1.165) is 36.6 Å². The third kappa shape index (κ3) is 4.08. The van der Waals surface area contributed by atoms with Crippen molar-refractivity contribution in [3.63, 3.8) is 0 Å². The van der Waals surface area contributed by atoms with Gasteiger partial charge in [-0.25, -0.2) is 4.98 Å². The molecule has 3 aromatic rings. The number of pyridine rings is 1. The number of nitrogens with zero attached hydrogens (tertiary/aromatic N) is 4. The summed E-state index contributed by atoms with van der Waals surface area (Å²) in [6.07, 6.45) is 4.31. The first-order valence-corrected chi connectivity index (χ1v) is 9.69. The predicted octanol–water partition coefficient (Wildman–Crippen LogP) is 2.52. The smallest absolute Gasteiger partial charge is 0.255 e. The van der Waals surface area contributed by atoms with Crippen LogP contribution >= 0.6 is 11.6 Å². The number of halogens is 1. The van der Waals surface area contributed by atoms with E-state index in [4.69, 9.17) is 16.6 Å². The first-order chi connectivity index (χ1) is 13.6. The van der Waals surface area contributed by atoms with E-state index in [1.165, 1.54) is 5.56 Å². The maximum absolute atomic E-state index is 12.5. The molecule has 1 aliphatic heterocycles. The van der Waals surface area contributed by atoms with E-state index in [2.05, 4.69) is 27.3 Å². The summed E-state index contributed by atoms with van der Waals surface area (Å²) >= 11 is 5.99. The van der Waals surface area contributed by atoms with Crippen molar-refractivity contribution in [2.24, 2.45) is 7.05 Å². The van der Waals surface area contributed by atoms with E-state index >= 15 is 0 Å². The summed E-state index contributed by atoms with van der Waals surface area (Å²) in [4.78, 5) is 23.6. The molecule has 2 aromatic heterocycles. The van der Waals surface area contributed by atoms with Gasteiger partial charge < -0.3 is 10.2 Å². The molecular formula is C21H22ClN5O. The van der Waals surface area contributed by atoms with Gasteiger partial charge in [0.1, 0.15) is 0 Å². The molecular weight excluding hydrogens is 374 g/mol. The van der Waals surface area contributed by atoms with Crippen molar-refractivity contribution in [3.05, 3.63) is 75.8 Å². The van der Waals surface area contributed by atoms with Crippen LogP contribution in [-0.4, -0.2) is 40.2 Å². The maximum Gasteiger partial charge on any atom is 0.255 e. The number of benzene rings is 1. The molecule has 1 aromatic carbocycles. The molecule has 0 spiro atoms. The summed E-state index contributed by atoms with van der Waals surface area (Å²) in [7, 11) is 1.78. The zero-order chi connectivity index (χ0) is 19.5. The van der Waals surface area contributed by atoms with E-state index in [-0.39, 0.29) is 11.6 Å². The Bertz CT molecular complexity index is 1000. The first-order valence-electron chi connectivity index (χ1n) is 9.31. The van der Waals surface area contributed by atoms with Crippen LogP contribution in [0.4, 0.5) is 5.95 Å². The van der Waals surface area contributed by atoms with Crippen molar-refractivity contribution in [1.29, 1.82) is 0 Å². The Morgan fingerprint density at radius 1 is 1.18 bits per heavy atom. The Balaban J connectivity index is 1.58. The lowest BCUT2D eigenvalue weighted by Crippen LogP contribution is -2.53. The SMILES string of the molecule is Cn1c(N2CCNC(Cc3ccc(Cl)cc3)C2)nc(-c2ccncc2)cc1=O. The summed E-state index contributed by atoms with van der Waals surface area (Å²) in [5.41, 5.74) is 2.73. The molecule has 1 N–H and O–H groups in total. The molecule has 1 atom stereocenters. The number of piperazine rings is 1. The van der Waals surface area contributed by atoms with Crippen molar-refractivity contribution in [2.45, 2.75) is 12.5 Å². The molecule has 3 heterocycles. The number of aromatic nitrogens is 3. The highest BCUT2D eigenvalue weighted by Crippen LogP contribution is 2.20. The molecule has 6 nitrogen and oxygen atoms in total. The van der Waals surface area contributed by atoms with E-state index in [0.29, 0.717) is 11.6 Å². The monoisotopic (exact) mass is 395 g/mol. The van der Waals surface area contributed by atoms with Gasteiger partial charge in [-0.3, -0.25) is 14.3 Å². The fraction of sp³-hybridized carbons (Fsp3) is 0.286. The van der Waals surface area contributed by atoms with Gasteiger partial charge in [0.05, 0.1) is 5.69 Å². The molecule has 1 fully saturated rings. The third-order valence-electron chi connectivity index (χ3n) is 5.02. The van der Waals surface area contributed by atoms with Gasteiger partial charge in [0.25, 0.3) is 5.56 Å². The lowest BCUT2D eigenvalue weighted by atomic mass is 10.0. The number of rotatable bonds is 4. The van der Waals surface area contributed by atoms with Crippen molar-refractivity contribution < 1.29 is 0 Å². The fourth-order valence-electron chi connectivity index (χ4n) is 3.53. The van der Waals surface area contributed by atoms with E-state index in [1.807, 2.05) is 24.3 Å². The zero-order valence-corrected chi connectivity index (χ0v) is 16.4. The molecule has 0 saturated carbocycles. The maximum atomic E-state index is 12.5. The lowest BCUT2D eigenvalue weighted by molar-refractivity contribution is 0.446. The molecule has 7 heteroatoms. The molecule has 144 valence electrons. The summed E-state index contributed by atoms with van der Waals surface area (Å²) < 4.78 is 1.62. The Kier molecular flexibility index (Phi) is 5.41. The summed E-state index contributed by atoms with van der Waals surface area (Å²) in [5, 5.41) is 4.31. The lowest BCUT2D eigenvalue weighted by Gasteiger charge is -2.35. The van der Waals surface area contributed by atoms with Crippen LogP contribution in [-0.2, 0) is 13.5 Å². The minimum atomic E-state index is -0.0652. The van der Waals surface area contributed by atoms with Gasteiger partial charge in [0.15, 0.2) is 0 Å². The molecule has 0 amide bonds. The standard InChI is InChI=1S/C21H22ClN5O/c1-26-20(28)13-19(16-6-8-23-9-7-16)25-21(26)27-11-10-24-18(14-27)12-15-2-4-17(22)5-3-15/h2-9,13,18,24H,10-12,14H2,1H3. The van der Waals surface area contributed by atoms with Crippen molar-refractivity contribution in [1.82, 2.24) is 19.9 Å². The normalized spacial score (nSPS) is 16.9. The summed E-state index contributed by atoms with van der Waals surface area (Å²) in [5.74, 6) is 0.696. The number of nitrogens with one attached hydrogen (secondary N) is 1. The zero-order valence-electron chi connectivity index (χ0n) is 15.7. The summed E-state index contributed by atoms with van der Waals surface area (Å²) in [6.45, 7) is 2.42. The van der Waals surface area contributed by atoms with E-state index in [9.17, 15) is 4.79 Å². The predicted molar refractivity (Wildman–Crippen MR) is 112 cm³/mol. The molecule has 0 aliphatic carbocycles. The molecule has 0 bridgehead atoms. The second-order valence-electron chi connectivity index (χ2n) is 7.00. The van der Waals surface area contributed by atoms with Crippen LogP contribution < -0.4 is 15.8 Å². The van der Waals surface area contributed by atoms with Crippen LogP contribution in [0.5, 0.6) is 0 Å². The Hall–Kier alpha value is -2.70. The van der Waals surface area contributed by atoms with Gasteiger partial charge in [-0.2, -0.15) is 0 Å². The molecule has 1 aliphatic rings. The summed E-state index contributed by atoms with van der Waals surface area (Å²) in [6, 6.07) is 13.5. The third-order valence-corrected chi connectivity index (χ3v) is 5.27. The molecule has 4 rings (SSSR count). The van der Waals surface area contributed by atoms with Gasteiger partial charge in [0, 0.05) is 61.8 Å². The van der Waals surface area contributed by atoms with Crippen LogP contribution in [0.2, 0.25) is 5.02 Å². The quantitative estimate of drug-likeness (QED) is 0.735. The van der Waals surface area contributed by atoms with Gasteiger partial charge in [-0.1, -0.05) is 23.7 Å². The van der Waals surface area contributed by atoms with Crippen molar-refractivity contribution >= 4 is 17.5 Å². The fourth-order valence-corrected chi connectivity index (χ4v) is 3.66. The molecule has 28 heavy (non-hydrogen) atoms. The number of hydrogen-bond acceptors (Lipinski definition) is 5. The highest BCUT2D eigenvalue weighted by atomic mass is 35.5. The average molecular weight is 396 g/mol. The Labute approximate surface area is 168 Å². The van der Waals surface area contributed by atoms with Gasteiger partial charge in [-0.05, 0) is 36.2 Å². The van der Waals surface area contributed by atoms with Gasteiger partial charge >= 0.3 is 0 Å². The first kappa shape index (κ1) is 18.7.